The summed E-state index contributed by atoms with van der Waals surface area (Å²) in [6, 6.07) is 72.9. The zero-order chi connectivity index (χ0) is 34.4. The molecule has 1 nitrogen and oxygen atoms in total. The van der Waals surface area contributed by atoms with Crippen molar-refractivity contribution in [2.24, 2.45) is 0 Å². The summed E-state index contributed by atoms with van der Waals surface area (Å²) >= 11 is 1.86. The summed E-state index contributed by atoms with van der Waals surface area (Å²) in [7, 11) is 0. The van der Waals surface area contributed by atoms with Crippen LogP contribution in [0.25, 0.3) is 75.1 Å². The maximum absolute atomic E-state index is 2.35. The lowest BCUT2D eigenvalue weighted by Crippen LogP contribution is -2.09. The highest BCUT2D eigenvalue weighted by atomic mass is 32.1. The van der Waals surface area contributed by atoms with Crippen LogP contribution in [-0.4, -0.2) is 0 Å². The SMILES string of the molecule is c1ccc(-c2ccc(N(c3ccc(-c4ccc5c(ccc6ccccc65)c4)cc3)c3ccc(-c4ccc5sc6ccccc6c5c4)cc3)cc2)cc1. The first-order valence-corrected chi connectivity index (χ1v) is 18.6. The van der Waals surface area contributed by atoms with Crippen LogP contribution in [0.5, 0.6) is 0 Å². The molecule has 0 bridgehead atoms. The van der Waals surface area contributed by atoms with E-state index in [0.717, 1.165) is 17.1 Å². The van der Waals surface area contributed by atoms with Crippen molar-refractivity contribution < 1.29 is 0 Å². The van der Waals surface area contributed by atoms with Crippen molar-refractivity contribution in [2.45, 2.75) is 0 Å². The molecule has 0 aliphatic heterocycles. The van der Waals surface area contributed by atoms with Crippen molar-refractivity contribution in [3.8, 4) is 33.4 Å². The minimum Gasteiger partial charge on any atom is -0.311 e. The van der Waals surface area contributed by atoms with Gasteiger partial charge in [0, 0.05) is 37.2 Å². The number of hydrogen-bond donors (Lipinski definition) is 0. The van der Waals surface area contributed by atoms with Gasteiger partial charge in [-0.3, -0.25) is 0 Å². The minimum atomic E-state index is 1.11. The molecule has 0 saturated carbocycles. The molecule has 1 heterocycles. The maximum atomic E-state index is 2.35. The van der Waals surface area contributed by atoms with Gasteiger partial charge in [-0.05, 0) is 116 Å². The van der Waals surface area contributed by atoms with Gasteiger partial charge in [-0.2, -0.15) is 0 Å². The Morgan fingerprint density at radius 3 is 1.42 bits per heavy atom. The Labute approximate surface area is 307 Å². The van der Waals surface area contributed by atoms with Crippen molar-refractivity contribution in [3.05, 3.63) is 200 Å². The predicted molar refractivity (Wildman–Crippen MR) is 225 cm³/mol. The second kappa shape index (κ2) is 12.7. The van der Waals surface area contributed by atoms with E-state index in [1.54, 1.807) is 0 Å². The first kappa shape index (κ1) is 30.4. The molecular weight excluding hydrogens is 647 g/mol. The second-order valence-electron chi connectivity index (χ2n) is 13.4. The molecule has 9 aromatic carbocycles. The number of thiophene rings is 1. The molecule has 0 fully saturated rings. The van der Waals surface area contributed by atoms with Gasteiger partial charge >= 0.3 is 0 Å². The Morgan fingerprint density at radius 1 is 0.269 bits per heavy atom. The molecule has 0 aliphatic carbocycles. The van der Waals surface area contributed by atoms with Gasteiger partial charge in [0.05, 0.1) is 0 Å². The summed E-state index contributed by atoms with van der Waals surface area (Å²) in [5.41, 5.74) is 10.6. The summed E-state index contributed by atoms with van der Waals surface area (Å²) in [5.74, 6) is 0. The van der Waals surface area contributed by atoms with Crippen LogP contribution in [0.3, 0.4) is 0 Å². The molecule has 0 amide bonds. The van der Waals surface area contributed by atoms with Gasteiger partial charge in [-0.25, -0.2) is 0 Å². The van der Waals surface area contributed by atoms with Gasteiger partial charge in [0.15, 0.2) is 0 Å². The van der Waals surface area contributed by atoms with E-state index in [1.807, 2.05) is 11.3 Å². The fourth-order valence-corrected chi connectivity index (χ4v) is 8.67. The fraction of sp³-hybridized carbons (Fsp3) is 0. The van der Waals surface area contributed by atoms with E-state index >= 15 is 0 Å². The van der Waals surface area contributed by atoms with Gasteiger partial charge < -0.3 is 4.90 Å². The van der Waals surface area contributed by atoms with Gasteiger partial charge in [0.2, 0.25) is 0 Å². The Morgan fingerprint density at radius 2 is 0.731 bits per heavy atom. The molecule has 244 valence electrons. The van der Waals surface area contributed by atoms with Crippen LogP contribution in [0.15, 0.2) is 200 Å². The topological polar surface area (TPSA) is 3.24 Å². The molecule has 10 aromatic rings. The smallest absolute Gasteiger partial charge is 0.0462 e. The van der Waals surface area contributed by atoms with E-state index in [-0.39, 0.29) is 0 Å². The Hall–Kier alpha value is -6.48. The predicted octanol–water partition coefficient (Wildman–Crippen LogP) is 14.8. The van der Waals surface area contributed by atoms with Crippen LogP contribution >= 0.6 is 11.3 Å². The summed E-state index contributed by atoms with van der Waals surface area (Å²) in [4.78, 5) is 2.35. The molecule has 10 rings (SSSR count). The zero-order valence-corrected chi connectivity index (χ0v) is 29.2. The van der Waals surface area contributed by atoms with Crippen LogP contribution in [0.2, 0.25) is 0 Å². The number of hydrogen-bond acceptors (Lipinski definition) is 2. The lowest BCUT2D eigenvalue weighted by atomic mass is 9.97. The standard InChI is InChI=1S/C50H33NS/c1-2-8-34(9-3-1)35-16-24-42(25-17-35)51(44-28-20-37(21-29-44)40-23-31-50-48(33-40)47-12-6-7-13-49(47)52-50)43-26-18-36(19-27-43)39-22-30-46-41(32-39)15-14-38-10-4-5-11-45(38)46/h1-33H. The fourth-order valence-electron chi connectivity index (χ4n) is 7.58. The molecule has 0 radical (unpaired) electrons. The molecule has 0 saturated heterocycles. The molecular formula is C50H33NS. The minimum absolute atomic E-state index is 1.11. The lowest BCUT2D eigenvalue weighted by molar-refractivity contribution is 1.28. The highest BCUT2D eigenvalue weighted by Crippen LogP contribution is 2.40. The third-order valence-electron chi connectivity index (χ3n) is 10.3. The van der Waals surface area contributed by atoms with E-state index in [9.17, 15) is 0 Å². The molecule has 0 spiro atoms. The van der Waals surface area contributed by atoms with Gasteiger partial charge in [0.25, 0.3) is 0 Å². The van der Waals surface area contributed by atoms with Crippen LogP contribution in [-0.2, 0) is 0 Å². The molecule has 52 heavy (non-hydrogen) atoms. The third-order valence-corrected chi connectivity index (χ3v) is 11.4. The Kier molecular flexibility index (Phi) is 7.41. The number of rotatable bonds is 6. The maximum Gasteiger partial charge on any atom is 0.0462 e. The quantitative estimate of drug-likeness (QED) is 0.158. The zero-order valence-electron chi connectivity index (χ0n) is 28.4. The number of anilines is 3. The first-order chi connectivity index (χ1) is 25.7. The second-order valence-corrected chi connectivity index (χ2v) is 14.5. The molecule has 0 aliphatic rings. The lowest BCUT2D eigenvalue weighted by Gasteiger charge is -2.26. The summed E-state index contributed by atoms with van der Waals surface area (Å²) < 4.78 is 2.66. The van der Waals surface area contributed by atoms with Gasteiger partial charge in [-0.15, -0.1) is 11.3 Å². The highest BCUT2D eigenvalue weighted by Gasteiger charge is 2.15. The largest absolute Gasteiger partial charge is 0.311 e. The van der Waals surface area contributed by atoms with Crippen LogP contribution < -0.4 is 4.90 Å². The molecule has 0 unspecified atom stereocenters. The molecule has 0 atom stereocenters. The van der Waals surface area contributed by atoms with Crippen LogP contribution in [0.1, 0.15) is 0 Å². The van der Waals surface area contributed by atoms with Crippen LogP contribution in [0, 0.1) is 0 Å². The van der Waals surface area contributed by atoms with Crippen molar-refractivity contribution >= 4 is 70.1 Å². The van der Waals surface area contributed by atoms with Crippen molar-refractivity contribution in [1.29, 1.82) is 0 Å². The first-order valence-electron chi connectivity index (χ1n) is 17.7. The van der Waals surface area contributed by atoms with Crippen LogP contribution in [0.4, 0.5) is 17.1 Å². The monoisotopic (exact) mass is 679 g/mol. The average molecular weight is 680 g/mol. The van der Waals surface area contributed by atoms with E-state index < -0.39 is 0 Å². The number of benzene rings is 9. The number of nitrogens with zero attached hydrogens (tertiary/aromatic N) is 1. The van der Waals surface area contributed by atoms with Gasteiger partial charge in [-0.1, -0.05) is 140 Å². The summed E-state index contributed by atoms with van der Waals surface area (Å²) in [6.07, 6.45) is 0. The Bertz CT molecular complexity index is 2870. The molecule has 2 heteroatoms. The summed E-state index contributed by atoms with van der Waals surface area (Å²) in [5, 5.41) is 7.76. The van der Waals surface area contributed by atoms with E-state index in [0.29, 0.717) is 0 Å². The van der Waals surface area contributed by atoms with E-state index in [2.05, 4.69) is 205 Å². The van der Waals surface area contributed by atoms with Gasteiger partial charge in [0.1, 0.15) is 0 Å². The Balaban J connectivity index is 1.02. The molecule has 0 N–H and O–H groups in total. The summed E-state index contributed by atoms with van der Waals surface area (Å²) in [6.45, 7) is 0. The van der Waals surface area contributed by atoms with Crippen molar-refractivity contribution in [1.82, 2.24) is 0 Å². The van der Waals surface area contributed by atoms with Crippen molar-refractivity contribution in [3.63, 3.8) is 0 Å². The third kappa shape index (κ3) is 5.42. The normalized spacial score (nSPS) is 11.5. The van der Waals surface area contributed by atoms with E-state index in [1.165, 1.54) is 75.1 Å². The number of fused-ring (bicyclic) bond motifs is 6. The van der Waals surface area contributed by atoms with Crippen molar-refractivity contribution in [2.75, 3.05) is 4.90 Å². The highest BCUT2D eigenvalue weighted by molar-refractivity contribution is 7.25. The average Bonchev–Trinajstić information content (AvgIpc) is 3.60. The molecule has 1 aromatic heterocycles. The van der Waals surface area contributed by atoms with E-state index in [4.69, 9.17) is 0 Å².